The van der Waals surface area contributed by atoms with E-state index in [1.807, 2.05) is 0 Å². The van der Waals surface area contributed by atoms with Crippen LogP contribution < -0.4 is 10.6 Å². The lowest BCUT2D eigenvalue weighted by molar-refractivity contribution is -0.146. The Morgan fingerprint density at radius 2 is 1.89 bits per heavy atom. The van der Waals surface area contributed by atoms with E-state index in [2.05, 4.69) is 23.5 Å². The van der Waals surface area contributed by atoms with E-state index in [0.29, 0.717) is 18.8 Å². The molecule has 5 nitrogen and oxygen atoms in total. The van der Waals surface area contributed by atoms with Gasteiger partial charge >= 0.3 is 12.0 Å². The van der Waals surface area contributed by atoms with E-state index >= 15 is 0 Å². The Balaban J connectivity index is 2.73. The highest BCUT2D eigenvalue weighted by Gasteiger charge is 2.42. The van der Waals surface area contributed by atoms with E-state index in [1.165, 1.54) is 0 Å². The van der Waals surface area contributed by atoms with Crippen LogP contribution in [0.1, 0.15) is 46.5 Å². The molecule has 5 heteroatoms. The average Bonchev–Trinajstić information content (AvgIpc) is 2.31. The van der Waals surface area contributed by atoms with Crippen LogP contribution in [0.2, 0.25) is 0 Å². The number of urea groups is 1. The number of carboxylic acids is 1. The fourth-order valence-electron chi connectivity index (χ4n) is 2.22. The van der Waals surface area contributed by atoms with Crippen LogP contribution in [-0.2, 0) is 4.79 Å². The number of hydrogen-bond donors (Lipinski definition) is 3. The number of carbonyl (C=O) groups is 2. The Morgan fingerprint density at radius 3 is 2.32 bits per heavy atom. The monoisotopic (exact) mass is 266 g/mol. The van der Waals surface area contributed by atoms with Crippen LogP contribution in [0.5, 0.6) is 0 Å². The molecule has 0 aliphatic heterocycles. The maximum atomic E-state index is 11.9. The zero-order valence-electron chi connectivity index (χ0n) is 11.7. The summed E-state index contributed by atoms with van der Waals surface area (Å²) in [5, 5.41) is 14.6. The van der Waals surface area contributed by atoms with Crippen molar-refractivity contribution >= 4 is 12.0 Å². The van der Waals surface area contributed by atoms with Gasteiger partial charge in [0.05, 0.1) is 5.54 Å². The van der Waals surface area contributed by atoms with Gasteiger partial charge in [-0.3, -0.25) is 0 Å². The van der Waals surface area contributed by atoms with Crippen molar-refractivity contribution in [1.82, 2.24) is 10.6 Å². The Labute approximate surface area is 114 Å². The van der Waals surface area contributed by atoms with Gasteiger partial charge in [-0.1, -0.05) is 12.8 Å². The third kappa shape index (κ3) is 3.88. The molecule has 1 saturated carbocycles. The van der Waals surface area contributed by atoms with E-state index in [1.54, 1.807) is 13.8 Å². The molecule has 0 aromatic heterocycles. The first-order chi connectivity index (χ1) is 8.71. The number of amides is 2. The molecule has 0 unspecified atom stereocenters. The lowest BCUT2D eigenvalue weighted by Crippen LogP contribution is -2.60. The Morgan fingerprint density at radius 1 is 1.37 bits per heavy atom. The van der Waals surface area contributed by atoms with Crippen molar-refractivity contribution in [2.75, 3.05) is 0 Å². The van der Waals surface area contributed by atoms with Crippen LogP contribution >= 0.6 is 0 Å². The van der Waals surface area contributed by atoms with E-state index < -0.39 is 23.1 Å². The molecule has 0 aromatic rings. The molecule has 19 heavy (non-hydrogen) atoms. The molecule has 0 atom stereocenters. The van der Waals surface area contributed by atoms with Crippen molar-refractivity contribution < 1.29 is 14.7 Å². The Kier molecular flexibility index (Phi) is 4.46. The highest BCUT2D eigenvalue weighted by molar-refractivity contribution is 5.86. The second-order valence-electron chi connectivity index (χ2n) is 5.92. The van der Waals surface area contributed by atoms with Gasteiger partial charge in [0.2, 0.25) is 0 Å². The number of terminal acetylenes is 1. The molecule has 3 N–H and O–H groups in total. The maximum Gasteiger partial charge on any atom is 0.329 e. The molecule has 0 aromatic carbocycles. The smallest absolute Gasteiger partial charge is 0.329 e. The van der Waals surface area contributed by atoms with Crippen LogP contribution in [-0.4, -0.2) is 28.2 Å². The summed E-state index contributed by atoms with van der Waals surface area (Å²) in [6.07, 6.45) is 7.79. The Bertz CT molecular complexity index is 401. The molecule has 1 aliphatic rings. The summed E-state index contributed by atoms with van der Waals surface area (Å²) in [5.41, 5.74) is -1.97. The number of aliphatic carboxylic acids is 1. The summed E-state index contributed by atoms with van der Waals surface area (Å²) in [6.45, 7) is 5.46. The molecule has 1 rings (SSSR count). The average molecular weight is 266 g/mol. The van der Waals surface area contributed by atoms with E-state index in [4.69, 9.17) is 6.42 Å². The van der Waals surface area contributed by atoms with Crippen LogP contribution in [0.25, 0.3) is 0 Å². The molecule has 1 fully saturated rings. The molecular weight excluding hydrogens is 244 g/mol. The standard InChI is InChI=1S/C14H22N2O3/c1-5-13(3,4)15-12(19)16-14(11(17)18)8-6-10(2)7-9-14/h1,10H,6-9H2,2-4H3,(H,17,18)(H2,15,16,19). The summed E-state index contributed by atoms with van der Waals surface area (Å²) in [7, 11) is 0. The number of rotatable bonds is 3. The number of nitrogens with one attached hydrogen (secondary N) is 2. The summed E-state index contributed by atoms with van der Waals surface area (Å²) >= 11 is 0. The highest BCUT2D eigenvalue weighted by atomic mass is 16.4. The van der Waals surface area contributed by atoms with Gasteiger partial charge in [-0.2, -0.15) is 0 Å². The van der Waals surface area contributed by atoms with Gasteiger partial charge in [0, 0.05) is 0 Å². The van der Waals surface area contributed by atoms with Gasteiger partial charge in [0.15, 0.2) is 0 Å². The van der Waals surface area contributed by atoms with Gasteiger partial charge in [-0.25, -0.2) is 9.59 Å². The number of carbonyl (C=O) groups excluding carboxylic acids is 1. The fraction of sp³-hybridized carbons (Fsp3) is 0.714. The van der Waals surface area contributed by atoms with Crippen molar-refractivity contribution in [2.45, 2.75) is 57.5 Å². The zero-order chi connectivity index (χ0) is 14.7. The second-order valence-corrected chi connectivity index (χ2v) is 5.92. The van der Waals surface area contributed by atoms with Gasteiger partial charge in [-0.05, 0) is 45.4 Å². The predicted octanol–water partition coefficient (Wildman–Crippen LogP) is 1.73. The van der Waals surface area contributed by atoms with Gasteiger partial charge in [0.25, 0.3) is 0 Å². The van der Waals surface area contributed by atoms with E-state index in [-0.39, 0.29) is 0 Å². The van der Waals surface area contributed by atoms with Gasteiger partial charge in [0.1, 0.15) is 5.54 Å². The maximum absolute atomic E-state index is 11.9. The highest BCUT2D eigenvalue weighted by Crippen LogP contribution is 2.32. The van der Waals surface area contributed by atoms with Gasteiger partial charge in [-0.15, -0.1) is 6.42 Å². The van der Waals surface area contributed by atoms with E-state index in [9.17, 15) is 14.7 Å². The summed E-state index contributed by atoms with van der Waals surface area (Å²) in [5.74, 6) is 1.96. The number of carboxylic acid groups (broad SMARTS) is 1. The van der Waals surface area contributed by atoms with Crippen LogP contribution in [0, 0.1) is 18.3 Å². The van der Waals surface area contributed by atoms with Crippen molar-refractivity contribution in [3.8, 4) is 12.3 Å². The molecule has 1 aliphatic carbocycles. The molecule has 0 bridgehead atoms. The molecule has 0 radical (unpaired) electrons. The quantitative estimate of drug-likeness (QED) is 0.681. The largest absolute Gasteiger partial charge is 0.480 e. The summed E-state index contributed by atoms with van der Waals surface area (Å²) < 4.78 is 0. The normalized spacial score (nSPS) is 27.2. The molecule has 0 heterocycles. The minimum atomic E-state index is -1.17. The molecule has 106 valence electrons. The molecule has 2 amide bonds. The predicted molar refractivity (Wildman–Crippen MR) is 72.6 cm³/mol. The second kappa shape index (κ2) is 5.52. The summed E-state index contributed by atoms with van der Waals surface area (Å²) in [6, 6.07) is -0.528. The SMILES string of the molecule is C#CC(C)(C)NC(=O)NC1(C(=O)O)CCC(C)CC1. The first-order valence-electron chi connectivity index (χ1n) is 6.52. The lowest BCUT2D eigenvalue weighted by atomic mass is 9.77. The molecular formula is C14H22N2O3. The van der Waals surface area contributed by atoms with Crippen molar-refractivity contribution in [2.24, 2.45) is 5.92 Å². The van der Waals surface area contributed by atoms with Crippen molar-refractivity contribution in [3.05, 3.63) is 0 Å². The van der Waals surface area contributed by atoms with Gasteiger partial charge < -0.3 is 15.7 Å². The first kappa shape index (κ1) is 15.4. The minimum absolute atomic E-state index is 0.452. The number of hydrogen-bond acceptors (Lipinski definition) is 2. The molecule has 0 spiro atoms. The topological polar surface area (TPSA) is 78.4 Å². The van der Waals surface area contributed by atoms with Crippen LogP contribution in [0.4, 0.5) is 4.79 Å². The minimum Gasteiger partial charge on any atom is -0.480 e. The van der Waals surface area contributed by atoms with Crippen molar-refractivity contribution in [1.29, 1.82) is 0 Å². The first-order valence-corrected chi connectivity index (χ1v) is 6.52. The lowest BCUT2D eigenvalue weighted by Gasteiger charge is -2.37. The Hall–Kier alpha value is -1.70. The summed E-state index contributed by atoms with van der Waals surface area (Å²) in [4.78, 5) is 23.4. The van der Waals surface area contributed by atoms with Crippen LogP contribution in [0.15, 0.2) is 0 Å². The zero-order valence-corrected chi connectivity index (χ0v) is 11.7. The molecule has 0 saturated heterocycles. The van der Waals surface area contributed by atoms with E-state index in [0.717, 1.165) is 12.8 Å². The third-order valence-electron chi connectivity index (χ3n) is 3.68. The van der Waals surface area contributed by atoms with Crippen LogP contribution in [0.3, 0.4) is 0 Å². The fourth-order valence-corrected chi connectivity index (χ4v) is 2.22. The van der Waals surface area contributed by atoms with Crippen molar-refractivity contribution in [3.63, 3.8) is 0 Å². The third-order valence-corrected chi connectivity index (χ3v) is 3.68.